The highest BCUT2D eigenvalue weighted by Crippen LogP contribution is 2.29. The lowest BCUT2D eigenvalue weighted by molar-refractivity contribution is -0.0497. The second-order valence-corrected chi connectivity index (χ2v) is 4.37. The first-order chi connectivity index (χ1) is 9.93. The number of carbonyl (C=O) groups is 1. The van der Waals surface area contributed by atoms with Crippen LogP contribution in [0.25, 0.3) is 10.9 Å². The van der Waals surface area contributed by atoms with Crippen LogP contribution in [-0.2, 0) is 4.74 Å². The van der Waals surface area contributed by atoms with Gasteiger partial charge in [0, 0.05) is 6.20 Å². The average molecular weight is 318 g/mol. The van der Waals surface area contributed by atoms with Crippen molar-refractivity contribution in [2.75, 3.05) is 6.61 Å². The van der Waals surface area contributed by atoms with Gasteiger partial charge in [0.2, 0.25) is 5.43 Å². The zero-order valence-electron chi connectivity index (χ0n) is 10.8. The molecule has 21 heavy (non-hydrogen) atoms. The summed E-state index contributed by atoms with van der Waals surface area (Å²) >= 11 is 5.78. The zero-order valence-corrected chi connectivity index (χ0v) is 11.5. The van der Waals surface area contributed by atoms with E-state index in [-0.39, 0.29) is 28.3 Å². The van der Waals surface area contributed by atoms with Gasteiger partial charge in [-0.05, 0) is 19.1 Å². The number of H-pyrrole nitrogens is 1. The number of ether oxygens (including phenoxy) is 2. The van der Waals surface area contributed by atoms with Crippen molar-refractivity contribution in [3.63, 3.8) is 0 Å². The monoisotopic (exact) mass is 317 g/mol. The van der Waals surface area contributed by atoms with Gasteiger partial charge in [-0.2, -0.15) is 8.78 Å². The van der Waals surface area contributed by atoms with Crippen LogP contribution in [0.1, 0.15) is 17.3 Å². The summed E-state index contributed by atoms with van der Waals surface area (Å²) in [6, 6.07) is 2.33. The first-order valence-electron chi connectivity index (χ1n) is 5.91. The molecule has 0 aliphatic carbocycles. The van der Waals surface area contributed by atoms with Crippen molar-refractivity contribution in [1.29, 1.82) is 0 Å². The summed E-state index contributed by atoms with van der Waals surface area (Å²) in [5.41, 5.74) is -0.590. The van der Waals surface area contributed by atoms with E-state index in [9.17, 15) is 18.4 Å². The van der Waals surface area contributed by atoms with Crippen molar-refractivity contribution in [3.8, 4) is 5.75 Å². The Bertz CT molecular complexity index is 745. The number of esters is 1. The van der Waals surface area contributed by atoms with E-state index in [0.717, 1.165) is 6.07 Å². The van der Waals surface area contributed by atoms with Crippen LogP contribution in [0.4, 0.5) is 8.78 Å². The molecular formula is C13H10ClF2NO4. The Kier molecular flexibility index (Phi) is 4.42. The first-order valence-corrected chi connectivity index (χ1v) is 6.28. The molecule has 1 N–H and O–H groups in total. The van der Waals surface area contributed by atoms with E-state index in [0.29, 0.717) is 5.52 Å². The number of rotatable bonds is 4. The molecule has 0 atom stereocenters. The highest BCUT2D eigenvalue weighted by Gasteiger charge is 2.17. The minimum atomic E-state index is -3.08. The third-order valence-corrected chi connectivity index (χ3v) is 2.94. The highest BCUT2D eigenvalue weighted by molar-refractivity contribution is 6.32. The molecule has 0 unspecified atom stereocenters. The van der Waals surface area contributed by atoms with Crippen LogP contribution in [0.15, 0.2) is 23.1 Å². The molecule has 0 amide bonds. The summed E-state index contributed by atoms with van der Waals surface area (Å²) in [7, 11) is 0. The molecule has 0 fully saturated rings. The fraction of sp³-hybridized carbons (Fsp3) is 0.231. The normalized spacial score (nSPS) is 10.9. The van der Waals surface area contributed by atoms with Gasteiger partial charge in [-0.15, -0.1) is 0 Å². The Morgan fingerprint density at radius 2 is 2.14 bits per heavy atom. The SMILES string of the molecule is CCOC(=O)c1c[nH]c2cc(Cl)c(OC(F)F)cc2c1=O. The van der Waals surface area contributed by atoms with Crippen LogP contribution in [0.2, 0.25) is 5.02 Å². The van der Waals surface area contributed by atoms with Gasteiger partial charge in [0.25, 0.3) is 0 Å². The topological polar surface area (TPSA) is 68.4 Å². The predicted octanol–water partition coefficient (Wildman–Crippen LogP) is 2.96. The Hall–Kier alpha value is -2.15. The maximum atomic E-state index is 12.3. The molecule has 1 aromatic heterocycles. The van der Waals surface area contributed by atoms with Crippen molar-refractivity contribution in [2.45, 2.75) is 13.5 Å². The minimum absolute atomic E-state index is 0.000558. The number of carbonyl (C=O) groups excluding carboxylic acids is 1. The molecule has 5 nitrogen and oxygen atoms in total. The molecule has 112 valence electrons. The predicted molar refractivity (Wildman–Crippen MR) is 72.2 cm³/mol. The molecule has 2 aromatic rings. The maximum Gasteiger partial charge on any atom is 0.387 e. The molecule has 8 heteroatoms. The van der Waals surface area contributed by atoms with Gasteiger partial charge in [-0.25, -0.2) is 4.79 Å². The number of hydrogen-bond acceptors (Lipinski definition) is 4. The van der Waals surface area contributed by atoms with Gasteiger partial charge in [0.15, 0.2) is 0 Å². The molecule has 1 aromatic carbocycles. The lowest BCUT2D eigenvalue weighted by Gasteiger charge is -2.09. The third-order valence-electron chi connectivity index (χ3n) is 2.64. The minimum Gasteiger partial charge on any atom is -0.462 e. The van der Waals surface area contributed by atoms with Crippen LogP contribution < -0.4 is 10.2 Å². The number of alkyl halides is 2. The lowest BCUT2D eigenvalue weighted by atomic mass is 10.1. The van der Waals surface area contributed by atoms with Crippen LogP contribution in [0, 0.1) is 0 Å². The van der Waals surface area contributed by atoms with E-state index in [1.165, 1.54) is 12.3 Å². The molecule has 0 saturated heterocycles. The number of nitrogens with one attached hydrogen (secondary N) is 1. The van der Waals surface area contributed by atoms with Crippen molar-refractivity contribution < 1.29 is 23.0 Å². The summed E-state index contributed by atoms with van der Waals surface area (Å²) in [6.45, 7) is -1.37. The number of benzene rings is 1. The molecule has 0 bridgehead atoms. The number of aromatic nitrogens is 1. The second-order valence-electron chi connectivity index (χ2n) is 3.96. The average Bonchev–Trinajstić information content (AvgIpc) is 2.40. The van der Waals surface area contributed by atoms with E-state index >= 15 is 0 Å². The van der Waals surface area contributed by atoms with Gasteiger partial charge >= 0.3 is 12.6 Å². The van der Waals surface area contributed by atoms with Crippen molar-refractivity contribution >= 4 is 28.5 Å². The van der Waals surface area contributed by atoms with Gasteiger partial charge < -0.3 is 14.5 Å². The van der Waals surface area contributed by atoms with Gasteiger partial charge in [-0.3, -0.25) is 4.79 Å². The largest absolute Gasteiger partial charge is 0.462 e. The van der Waals surface area contributed by atoms with E-state index in [1.807, 2.05) is 0 Å². The smallest absolute Gasteiger partial charge is 0.387 e. The standard InChI is InChI=1S/C13H10ClF2NO4/c1-2-20-12(19)7-5-17-9-4-8(14)10(21-13(15)16)3-6(9)11(7)18/h3-5,13H,2H2,1H3,(H,17,18). The summed E-state index contributed by atoms with van der Waals surface area (Å²) in [6.07, 6.45) is 1.19. The summed E-state index contributed by atoms with van der Waals surface area (Å²) < 4.78 is 33.5. The Balaban J connectivity index is 2.60. The fourth-order valence-electron chi connectivity index (χ4n) is 1.77. The van der Waals surface area contributed by atoms with Crippen LogP contribution in [0.5, 0.6) is 5.75 Å². The summed E-state index contributed by atoms with van der Waals surface area (Å²) in [5.74, 6) is -1.14. The van der Waals surface area contributed by atoms with E-state index < -0.39 is 18.0 Å². The molecule has 0 saturated carbocycles. The molecule has 1 heterocycles. The van der Waals surface area contributed by atoms with Gasteiger partial charge in [0.05, 0.1) is 22.5 Å². The number of aromatic amines is 1. The quantitative estimate of drug-likeness (QED) is 0.880. The van der Waals surface area contributed by atoms with Crippen LogP contribution in [-0.4, -0.2) is 24.2 Å². The summed E-state index contributed by atoms with van der Waals surface area (Å²) in [5, 5.41) is -0.0806. The fourth-order valence-corrected chi connectivity index (χ4v) is 1.98. The number of halogens is 3. The Labute approximate surface area is 122 Å². The van der Waals surface area contributed by atoms with Gasteiger partial charge in [0.1, 0.15) is 11.3 Å². The molecule has 2 rings (SSSR count). The Morgan fingerprint density at radius 3 is 2.76 bits per heavy atom. The molecule has 0 spiro atoms. The zero-order chi connectivity index (χ0) is 15.6. The van der Waals surface area contributed by atoms with Crippen molar-refractivity contribution in [1.82, 2.24) is 4.98 Å². The number of fused-ring (bicyclic) bond motifs is 1. The third kappa shape index (κ3) is 3.13. The second kappa shape index (κ2) is 6.09. The van der Waals surface area contributed by atoms with E-state index in [1.54, 1.807) is 6.92 Å². The lowest BCUT2D eigenvalue weighted by Crippen LogP contribution is -2.18. The molecule has 0 aliphatic heterocycles. The molecule has 0 aliphatic rings. The Morgan fingerprint density at radius 1 is 1.43 bits per heavy atom. The van der Waals surface area contributed by atoms with Gasteiger partial charge in [-0.1, -0.05) is 11.6 Å². The van der Waals surface area contributed by atoms with E-state index in [2.05, 4.69) is 9.72 Å². The van der Waals surface area contributed by atoms with E-state index in [4.69, 9.17) is 16.3 Å². The number of pyridine rings is 1. The summed E-state index contributed by atoms with van der Waals surface area (Å²) in [4.78, 5) is 26.5. The van der Waals surface area contributed by atoms with Crippen LogP contribution in [0.3, 0.4) is 0 Å². The van der Waals surface area contributed by atoms with Crippen molar-refractivity contribution in [2.24, 2.45) is 0 Å². The van der Waals surface area contributed by atoms with Crippen LogP contribution >= 0.6 is 11.6 Å². The highest BCUT2D eigenvalue weighted by atomic mass is 35.5. The number of hydrogen-bond donors (Lipinski definition) is 1. The maximum absolute atomic E-state index is 12.3. The van der Waals surface area contributed by atoms with Crippen molar-refractivity contribution in [3.05, 3.63) is 39.1 Å². The molecular weight excluding hydrogens is 308 g/mol. The first kappa shape index (κ1) is 15.2. The molecule has 0 radical (unpaired) electrons.